The van der Waals surface area contributed by atoms with Crippen molar-refractivity contribution in [2.45, 2.75) is 13.3 Å². The highest BCUT2D eigenvalue weighted by Crippen LogP contribution is 1.71. The quantitative estimate of drug-likeness (QED) is 0.441. The van der Waals surface area contributed by atoms with Crippen LogP contribution in [-0.2, 0) is 4.79 Å². The van der Waals surface area contributed by atoms with Crippen molar-refractivity contribution in [1.29, 1.82) is 0 Å². The minimum Gasteiger partial charge on any atom is -0.396 e. The van der Waals surface area contributed by atoms with E-state index in [1.807, 2.05) is 6.92 Å². The number of aliphatic hydroxyl groups excluding tert-OH is 1. The van der Waals surface area contributed by atoms with Crippen molar-refractivity contribution >= 4 is 5.91 Å². The van der Waals surface area contributed by atoms with Gasteiger partial charge in [-0.25, -0.2) is 0 Å². The summed E-state index contributed by atoms with van der Waals surface area (Å²) in [5.41, 5.74) is 0. The Bertz CT molecular complexity index is 107. The van der Waals surface area contributed by atoms with E-state index in [1.54, 1.807) is 0 Å². The molecule has 0 bridgehead atoms. The average Bonchev–Trinajstić information content (AvgIpc) is 1.99. The highest BCUT2D eigenvalue weighted by atomic mass is 16.3. The molecule has 0 atom stereocenters. The molecule has 0 aromatic rings. The average molecular weight is 160 g/mol. The summed E-state index contributed by atoms with van der Waals surface area (Å²) in [6.45, 7) is 3.75. The molecule has 1 amide bonds. The zero-order valence-corrected chi connectivity index (χ0v) is 6.89. The first-order valence-electron chi connectivity index (χ1n) is 3.89. The highest BCUT2D eigenvalue weighted by Gasteiger charge is 1.95. The van der Waals surface area contributed by atoms with Crippen LogP contribution in [0.4, 0.5) is 0 Å². The molecule has 0 aromatic carbocycles. The van der Waals surface area contributed by atoms with Gasteiger partial charge in [0.15, 0.2) is 0 Å². The smallest absolute Gasteiger partial charge is 0.233 e. The lowest BCUT2D eigenvalue weighted by atomic mass is 10.4. The zero-order valence-electron chi connectivity index (χ0n) is 6.89. The summed E-state index contributed by atoms with van der Waals surface area (Å²) in [6, 6.07) is 0. The third kappa shape index (κ3) is 7.29. The van der Waals surface area contributed by atoms with Gasteiger partial charge in [0.2, 0.25) is 5.91 Å². The summed E-state index contributed by atoms with van der Waals surface area (Å²) >= 11 is 0. The molecule has 66 valence electrons. The molecule has 0 radical (unpaired) electrons. The third-order valence-electron chi connectivity index (χ3n) is 1.17. The summed E-state index contributed by atoms with van der Waals surface area (Å²) in [7, 11) is 0. The van der Waals surface area contributed by atoms with Crippen LogP contribution in [0.25, 0.3) is 0 Å². The lowest BCUT2D eigenvalue weighted by Gasteiger charge is -2.02. The fourth-order valence-electron chi connectivity index (χ4n) is 0.666. The van der Waals surface area contributed by atoms with Crippen molar-refractivity contribution in [2.75, 3.05) is 26.2 Å². The number of amides is 1. The number of aliphatic hydroxyl groups is 1. The first-order chi connectivity index (χ1) is 5.31. The van der Waals surface area contributed by atoms with E-state index in [4.69, 9.17) is 5.11 Å². The minimum absolute atomic E-state index is 0.00504. The molecule has 0 aliphatic heterocycles. The van der Waals surface area contributed by atoms with Gasteiger partial charge in [-0.3, -0.25) is 4.79 Å². The molecule has 0 heterocycles. The van der Waals surface area contributed by atoms with Crippen molar-refractivity contribution in [3.05, 3.63) is 0 Å². The second-order valence-corrected chi connectivity index (χ2v) is 2.21. The third-order valence-corrected chi connectivity index (χ3v) is 1.17. The normalized spacial score (nSPS) is 9.64. The second kappa shape index (κ2) is 7.50. The second-order valence-electron chi connectivity index (χ2n) is 2.21. The molecule has 0 saturated carbocycles. The number of carbonyl (C=O) groups is 1. The lowest BCUT2D eigenvalue weighted by Crippen LogP contribution is -2.34. The van der Waals surface area contributed by atoms with Gasteiger partial charge in [-0.15, -0.1) is 0 Å². The van der Waals surface area contributed by atoms with Gasteiger partial charge in [-0.2, -0.15) is 0 Å². The van der Waals surface area contributed by atoms with E-state index in [-0.39, 0.29) is 12.5 Å². The van der Waals surface area contributed by atoms with E-state index in [2.05, 4.69) is 10.6 Å². The zero-order chi connectivity index (χ0) is 8.53. The van der Waals surface area contributed by atoms with Crippen LogP contribution in [0.5, 0.6) is 0 Å². The number of rotatable bonds is 6. The maximum absolute atomic E-state index is 10.8. The fourth-order valence-corrected chi connectivity index (χ4v) is 0.666. The predicted octanol–water partition coefficient (Wildman–Crippen LogP) is -0.905. The largest absolute Gasteiger partial charge is 0.396 e. The molecule has 0 fully saturated rings. The predicted molar refractivity (Wildman–Crippen MR) is 43.3 cm³/mol. The van der Waals surface area contributed by atoms with E-state index in [1.165, 1.54) is 0 Å². The molecule has 4 heteroatoms. The SMILES string of the molecule is CCNC(=O)CNCCCO. The molecular formula is C7H16N2O2. The molecule has 0 aliphatic rings. The Morgan fingerprint density at radius 1 is 1.55 bits per heavy atom. The Morgan fingerprint density at radius 3 is 2.82 bits per heavy atom. The molecule has 4 nitrogen and oxygen atoms in total. The lowest BCUT2D eigenvalue weighted by molar-refractivity contribution is -0.120. The van der Waals surface area contributed by atoms with Gasteiger partial charge in [0.25, 0.3) is 0 Å². The Morgan fingerprint density at radius 2 is 2.27 bits per heavy atom. The molecule has 0 rings (SSSR count). The minimum atomic E-state index is 0.00504. The molecule has 0 spiro atoms. The summed E-state index contributed by atoms with van der Waals surface area (Å²) in [5, 5.41) is 14.0. The van der Waals surface area contributed by atoms with Crippen LogP contribution in [0.3, 0.4) is 0 Å². The molecule has 0 aliphatic carbocycles. The monoisotopic (exact) mass is 160 g/mol. The maximum atomic E-state index is 10.8. The highest BCUT2D eigenvalue weighted by molar-refractivity contribution is 5.77. The number of hydrogen-bond acceptors (Lipinski definition) is 3. The Labute approximate surface area is 67.0 Å². The van der Waals surface area contributed by atoms with Gasteiger partial charge in [0.1, 0.15) is 0 Å². The molecular weight excluding hydrogens is 144 g/mol. The van der Waals surface area contributed by atoms with E-state index in [9.17, 15) is 4.79 Å². The Balaban J connectivity index is 3.04. The number of nitrogens with one attached hydrogen (secondary N) is 2. The first-order valence-corrected chi connectivity index (χ1v) is 3.89. The summed E-state index contributed by atoms with van der Waals surface area (Å²) in [4.78, 5) is 10.8. The van der Waals surface area contributed by atoms with Crippen LogP contribution >= 0.6 is 0 Å². The summed E-state index contributed by atoms with van der Waals surface area (Å²) < 4.78 is 0. The van der Waals surface area contributed by atoms with Gasteiger partial charge >= 0.3 is 0 Å². The fraction of sp³-hybridized carbons (Fsp3) is 0.857. The topological polar surface area (TPSA) is 61.4 Å². The van der Waals surface area contributed by atoms with Gasteiger partial charge in [-0.1, -0.05) is 0 Å². The van der Waals surface area contributed by atoms with Crippen molar-refractivity contribution in [1.82, 2.24) is 10.6 Å². The summed E-state index contributed by atoms with van der Waals surface area (Å²) in [5.74, 6) is 0.00504. The van der Waals surface area contributed by atoms with Crippen LogP contribution < -0.4 is 10.6 Å². The standard InChI is InChI=1S/C7H16N2O2/c1-2-9-7(11)6-8-4-3-5-10/h8,10H,2-6H2,1H3,(H,9,11). The number of likely N-dealkylation sites (N-methyl/N-ethyl adjacent to an activating group) is 1. The maximum Gasteiger partial charge on any atom is 0.233 e. The van der Waals surface area contributed by atoms with Crippen LogP contribution in [0, 0.1) is 0 Å². The van der Waals surface area contributed by atoms with Crippen molar-refractivity contribution in [3.63, 3.8) is 0 Å². The molecule has 11 heavy (non-hydrogen) atoms. The van der Waals surface area contributed by atoms with E-state index in [0.717, 1.165) is 0 Å². The number of hydrogen-bond donors (Lipinski definition) is 3. The van der Waals surface area contributed by atoms with Gasteiger partial charge in [0, 0.05) is 13.2 Å². The van der Waals surface area contributed by atoms with Crippen LogP contribution in [0.1, 0.15) is 13.3 Å². The number of carbonyl (C=O) groups excluding carboxylic acids is 1. The van der Waals surface area contributed by atoms with Gasteiger partial charge < -0.3 is 15.7 Å². The van der Waals surface area contributed by atoms with E-state index < -0.39 is 0 Å². The van der Waals surface area contributed by atoms with Crippen LogP contribution in [-0.4, -0.2) is 37.3 Å². The first kappa shape index (κ1) is 10.4. The van der Waals surface area contributed by atoms with Crippen molar-refractivity contribution < 1.29 is 9.90 Å². The van der Waals surface area contributed by atoms with Crippen LogP contribution in [0.2, 0.25) is 0 Å². The van der Waals surface area contributed by atoms with Crippen LogP contribution in [0.15, 0.2) is 0 Å². The van der Waals surface area contributed by atoms with Crippen molar-refractivity contribution in [2.24, 2.45) is 0 Å². The Kier molecular flexibility index (Phi) is 7.08. The summed E-state index contributed by atoms with van der Waals surface area (Å²) in [6.07, 6.45) is 0.694. The Hall–Kier alpha value is -0.610. The molecule has 0 saturated heterocycles. The molecule has 0 aromatic heterocycles. The van der Waals surface area contributed by atoms with E-state index in [0.29, 0.717) is 26.1 Å². The van der Waals surface area contributed by atoms with E-state index >= 15 is 0 Å². The van der Waals surface area contributed by atoms with Gasteiger partial charge in [0.05, 0.1) is 6.54 Å². The molecule has 3 N–H and O–H groups in total. The van der Waals surface area contributed by atoms with Gasteiger partial charge in [-0.05, 0) is 19.9 Å². The molecule has 0 unspecified atom stereocenters. The van der Waals surface area contributed by atoms with Crippen molar-refractivity contribution in [3.8, 4) is 0 Å².